The topological polar surface area (TPSA) is 78.9 Å². The van der Waals surface area contributed by atoms with Crippen LogP contribution in [0.4, 0.5) is 0 Å². The summed E-state index contributed by atoms with van der Waals surface area (Å²) in [6, 6.07) is 0. The minimum absolute atomic E-state index is 0.0977. The van der Waals surface area contributed by atoms with Gasteiger partial charge in [-0.05, 0) is 122 Å². The van der Waals surface area contributed by atoms with Gasteiger partial charge < -0.3 is 14.2 Å². The predicted molar refractivity (Wildman–Crippen MR) is 288 cm³/mol. The van der Waals surface area contributed by atoms with Crippen molar-refractivity contribution in [2.24, 2.45) is 0 Å². The molecule has 0 aromatic rings. The number of rotatable bonds is 50. The molecule has 6 nitrogen and oxygen atoms in total. The highest BCUT2D eigenvalue weighted by atomic mass is 16.6. The summed E-state index contributed by atoms with van der Waals surface area (Å²) in [5, 5.41) is 0. The summed E-state index contributed by atoms with van der Waals surface area (Å²) in [5.74, 6) is -0.947. The Bertz CT molecular complexity index is 1300. The predicted octanol–water partition coefficient (Wildman–Crippen LogP) is 18.8. The van der Waals surface area contributed by atoms with Crippen LogP contribution >= 0.6 is 0 Å². The lowest BCUT2D eigenvalue weighted by Gasteiger charge is -2.18. The molecule has 0 heterocycles. The van der Waals surface area contributed by atoms with Crippen molar-refractivity contribution in [2.45, 2.75) is 271 Å². The lowest BCUT2D eigenvalue weighted by Crippen LogP contribution is -2.30. The molecule has 0 bridgehead atoms. The number of hydrogen-bond acceptors (Lipinski definition) is 6. The van der Waals surface area contributed by atoms with Crippen molar-refractivity contribution in [2.75, 3.05) is 13.2 Å². The third-order valence-electron chi connectivity index (χ3n) is 11.8. The second kappa shape index (κ2) is 55.2. The van der Waals surface area contributed by atoms with Crippen LogP contribution in [0, 0.1) is 0 Å². The van der Waals surface area contributed by atoms with Crippen LogP contribution in [0.25, 0.3) is 0 Å². The van der Waals surface area contributed by atoms with Crippen LogP contribution in [0.2, 0.25) is 0 Å². The SMILES string of the molecule is CCCCCC=CCC=CCC=CCC=CCCCCCC(=O)OCC(COC(=O)CCCCCCCC=CCC=CCCCCC)OC(=O)CCCCCCCC=CCCCCCCCC. The first kappa shape index (κ1) is 63.6. The van der Waals surface area contributed by atoms with Gasteiger partial charge in [-0.3, -0.25) is 14.4 Å². The highest BCUT2D eigenvalue weighted by Gasteiger charge is 2.19. The molecule has 0 radical (unpaired) electrons. The number of esters is 3. The average molecular weight is 933 g/mol. The van der Waals surface area contributed by atoms with E-state index in [1.807, 2.05) is 0 Å². The van der Waals surface area contributed by atoms with Gasteiger partial charge in [-0.1, -0.05) is 209 Å². The van der Waals surface area contributed by atoms with Crippen LogP contribution in [0.15, 0.2) is 85.1 Å². The Balaban J connectivity index is 4.48. The second-order valence-electron chi connectivity index (χ2n) is 18.5. The van der Waals surface area contributed by atoms with Crippen LogP contribution in [-0.2, 0) is 28.6 Å². The number of allylic oxidation sites excluding steroid dienone is 14. The number of hydrogen-bond donors (Lipinski definition) is 0. The van der Waals surface area contributed by atoms with Crippen LogP contribution < -0.4 is 0 Å². The van der Waals surface area contributed by atoms with Crippen molar-refractivity contribution in [3.8, 4) is 0 Å². The van der Waals surface area contributed by atoms with Gasteiger partial charge in [0.1, 0.15) is 13.2 Å². The average Bonchev–Trinajstić information content (AvgIpc) is 3.33. The Labute approximate surface area is 414 Å². The normalized spacial score (nSPS) is 12.7. The maximum absolute atomic E-state index is 12.8. The van der Waals surface area contributed by atoms with Gasteiger partial charge in [0.05, 0.1) is 0 Å². The van der Waals surface area contributed by atoms with Crippen molar-refractivity contribution < 1.29 is 28.6 Å². The summed E-state index contributed by atoms with van der Waals surface area (Å²) >= 11 is 0. The molecule has 67 heavy (non-hydrogen) atoms. The zero-order chi connectivity index (χ0) is 48.6. The zero-order valence-electron chi connectivity index (χ0n) is 43.9. The fourth-order valence-electron chi connectivity index (χ4n) is 7.57. The first-order chi connectivity index (χ1) is 33.0. The molecule has 0 saturated heterocycles. The molecule has 1 unspecified atom stereocenters. The van der Waals surface area contributed by atoms with Crippen molar-refractivity contribution >= 4 is 17.9 Å². The Kier molecular flexibility index (Phi) is 52.4. The van der Waals surface area contributed by atoms with E-state index in [1.54, 1.807) is 0 Å². The Hall–Kier alpha value is -3.41. The highest BCUT2D eigenvalue weighted by molar-refractivity contribution is 5.71. The van der Waals surface area contributed by atoms with E-state index in [2.05, 4.69) is 106 Å². The molecule has 0 fully saturated rings. The fraction of sp³-hybridized carbons (Fsp3) is 0.721. The van der Waals surface area contributed by atoms with E-state index >= 15 is 0 Å². The van der Waals surface area contributed by atoms with E-state index in [1.165, 1.54) is 103 Å². The summed E-state index contributed by atoms with van der Waals surface area (Å²) in [6.07, 6.45) is 71.3. The first-order valence-electron chi connectivity index (χ1n) is 28.1. The molecule has 0 saturated carbocycles. The standard InChI is InChI=1S/C61H104O6/c1-4-7-10-13-16-19-22-25-28-29-30-31-34-36-39-42-45-48-51-54-60(63)66-57-58(67-61(64)55-52-49-46-43-40-37-33-27-24-21-18-15-12-9-6-3)56-65-59(62)53-50-47-44-41-38-35-32-26-23-20-17-14-11-8-5-2/h16-17,19-20,25-28,30-33,36,39,58H,4-15,18,21-24,29,34-35,37-38,40-57H2,1-3H3. The van der Waals surface area contributed by atoms with Gasteiger partial charge in [0, 0.05) is 19.3 Å². The number of carbonyl (C=O) groups is 3. The summed E-state index contributed by atoms with van der Waals surface area (Å²) in [5.41, 5.74) is 0. The second-order valence-corrected chi connectivity index (χ2v) is 18.5. The van der Waals surface area contributed by atoms with Gasteiger partial charge in [0.25, 0.3) is 0 Å². The molecule has 0 spiro atoms. The van der Waals surface area contributed by atoms with Gasteiger partial charge in [0.2, 0.25) is 0 Å². The molecule has 6 heteroatoms. The molecular weight excluding hydrogens is 829 g/mol. The summed E-state index contributed by atoms with van der Waals surface area (Å²) in [6.45, 7) is 6.54. The van der Waals surface area contributed by atoms with Crippen LogP contribution in [0.1, 0.15) is 265 Å². The first-order valence-corrected chi connectivity index (χ1v) is 28.1. The summed E-state index contributed by atoms with van der Waals surface area (Å²) < 4.78 is 16.8. The van der Waals surface area contributed by atoms with Gasteiger partial charge in [-0.25, -0.2) is 0 Å². The van der Waals surface area contributed by atoms with E-state index in [0.29, 0.717) is 19.3 Å². The van der Waals surface area contributed by atoms with Gasteiger partial charge in [-0.2, -0.15) is 0 Å². The highest BCUT2D eigenvalue weighted by Crippen LogP contribution is 2.14. The summed E-state index contributed by atoms with van der Waals surface area (Å²) in [4.78, 5) is 38.1. The largest absolute Gasteiger partial charge is 0.462 e. The molecule has 1 atom stereocenters. The minimum Gasteiger partial charge on any atom is -0.462 e. The molecule has 0 aromatic heterocycles. The number of ether oxygens (including phenoxy) is 3. The molecule has 0 aliphatic carbocycles. The Morgan fingerprint density at radius 2 is 0.537 bits per heavy atom. The van der Waals surface area contributed by atoms with Gasteiger partial charge in [0.15, 0.2) is 6.10 Å². The zero-order valence-corrected chi connectivity index (χ0v) is 43.9. The number of carbonyl (C=O) groups excluding carboxylic acids is 3. The molecule has 0 aliphatic rings. The monoisotopic (exact) mass is 933 g/mol. The summed E-state index contributed by atoms with van der Waals surface area (Å²) in [7, 11) is 0. The Morgan fingerprint density at radius 3 is 0.896 bits per heavy atom. The van der Waals surface area contributed by atoms with Gasteiger partial charge in [-0.15, -0.1) is 0 Å². The lowest BCUT2D eigenvalue weighted by atomic mass is 10.1. The third-order valence-corrected chi connectivity index (χ3v) is 11.8. The maximum atomic E-state index is 12.8. The molecule has 0 amide bonds. The molecule has 0 aromatic carbocycles. The fourth-order valence-corrected chi connectivity index (χ4v) is 7.57. The minimum atomic E-state index is -0.800. The molecular formula is C61H104O6. The van der Waals surface area contributed by atoms with Crippen molar-refractivity contribution in [1.29, 1.82) is 0 Å². The van der Waals surface area contributed by atoms with E-state index in [9.17, 15) is 14.4 Å². The molecule has 384 valence electrons. The maximum Gasteiger partial charge on any atom is 0.306 e. The van der Waals surface area contributed by atoms with E-state index in [-0.39, 0.29) is 31.1 Å². The molecule has 0 N–H and O–H groups in total. The lowest BCUT2D eigenvalue weighted by molar-refractivity contribution is -0.167. The quantitative estimate of drug-likeness (QED) is 0.0262. The molecule has 0 aliphatic heterocycles. The van der Waals surface area contributed by atoms with Crippen molar-refractivity contribution in [1.82, 2.24) is 0 Å². The van der Waals surface area contributed by atoms with Crippen LogP contribution in [0.3, 0.4) is 0 Å². The smallest absolute Gasteiger partial charge is 0.306 e. The Morgan fingerprint density at radius 1 is 0.299 bits per heavy atom. The van der Waals surface area contributed by atoms with Crippen molar-refractivity contribution in [3.63, 3.8) is 0 Å². The molecule has 0 rings (SSSR count). The van der Waals surface area contributed by atoms with E-state index in [4.69, 9.17) is 14.2 Å². The van der Waals surface area contributed by atoms with Gasteiger partial charge >= 0.3 is 17.9 Å². The number of unbranched alkanes of at least 4 members (excludes halogenated alkanes) is 25. The van der Waals surface area contributed by atoms with E-state index < -0.39 is 6.10 Å². The van der Waals surface area contributed by atoms with Crippen molar-refractivity contribution in [3.05, 3.63) is 85.1 Å². The van der Waals surface area contributed by atoms with E-state index in [0.717, 1.165) is 122 Å². The van der Waals surface area contributed by atoms with Crippen LogP contribution in [-0.4, -0.2) is 37.2 Å². The van der Waals surface area contributed by atoms with Crippen LogP contribution in [0.5, 0.6) is 0 Å². The third kappa shape index (κ3) is 53.4.